The van der Waals surface area contributed by atoms with E-state index in [2.05, 4.69) is 87.9 Å². The summed E-state index contributed by atoms with van der Waals surface area (Å²) in [5, 5.41) is 3.43. The van der Waals surface area contributed by atoms with Crippen LogP contribution in [0.2, 0.25) is 0 Å². The van der Waals surface area contributed by atoms with Gasteiger partial charge in [-0.15, -0.1) is 0 Å². The van der Waals surface area contributed by atoms with Gasteiger partial charge in [-0.2, -0.15) is 4.98 Å². The van der Waals surface area contributed by atoms with Crippen LogP contribution >= 0.6 is 0 Å². The Morgan fingerprint density at radius 2 is 1.82 bits per heavy atom. The number of aromatic nitrogens is 4. The van der Waals surface area contributed by atoms with Crippen LogP contribution in [0, 0.1) is 5.92 Å². The molecule has 0 amide bonds. The molecule has 8 heteroatoms. The van der Waals surface area contributed by atoms with Gasteiger partial charge in [-0.1, -0.05) is 26.0 Å². The third kappa shape index (κ3) is 5.08. The van der Waals surface area contributed by atoms with Crippen LogP contribution in [-0.2, 0) is 4.74 Å². The highest BCUT2D eigenvalue weighted by Gasteiger charge is 2.28. The van der Waals surface area contributed by atoms with E-state index in [0.717, 1.165) is 29.7 Å². The van der Waals surface area contributed by atoms with Crippen molar-refractivity contribution in [2.24, 2.45) is 5.92 Å². The lowest BCUT2D eigenvalue weighted by Gasteiger charge is -2.33. The molecule has 1 aliphatic carbocycles. The normalized spacial score (nSPS) is 20.4. The number of likely N-dealkylation sites (N-methyl/N-ethyl adjacent to an activating group) is 1. The molecule has 34 heavy (non-hydrogen) atoms. The quantitative estimate of drug-likeness (QED) is 0.558. The number of rotatable bonds is 7. The van der Waals surface area contributed by atoms with Gasteiger partial charge in [-0.25, -0.2) is 9.97 Å². The summed E-state index contributed by atoms with van der Waals surface area (Å²) in [7, 11) is 2.09. The highest BCUT2D eigenvalue weighted by molar-refractivity contribution is 5.44. The molecule has 1 aliphatic heterocycles. The van der Waals surface area contributed by atoms with Crippen LogP contribution < -0.4 is 10.2 Å². The molecule has 0 radical (unpaired) electrons. The molecule has 5 rings (SSSR count). The SMILES string of the molecule is CC(C)[C@H]1CN(C)COCN1c1ccnc(N[C@@H](C)c2cn(-c3ccc(C4CC4)cc3)cn2)n1. The lowest BCUT2D eigenvalue weighted by Crippen LogP contribution is -2.44. The van der Waals surface area contributed by atoms with Crippen molar-refractivity contribution in [3.63, 3.8) is 0 Å². The second-order valence-electron chi connectivity index (χ2n) is 9.96. The van der Waals surface area contributed by atoms with E-state index in [9.17, 15) is 0 Å². The molecule has 2 aromatic heterocycles. The highest BCUT2D eigenvalue weighted by Crippen LogP contribution is 2.40. The molecule has 2 aliphatic rings. The van der Waals surface area contributed by atoms with Crippen LogP contribution in [-0.4, -0.2) is 57.5 Å². The average molecular weight is 462 g/mol. The number of hydrogen-bond acceptors (Lipinski definition) is 7. The summed E-state index contributed by atoms with van der Waals surface area (Å²) in [6.45, 7) is 8.64. The van der Waals surface area contributed by atoms with E-state index in [1.807, 2.05) is 18.6 Å². The third-order valence-electron chi connectivity index (χ3n) is 6.78. The summed E-state index contributed by atoms with van der Waals surface area (Å²) in [6.07, 6.45) is 8.39. The molecule has 2 fully saturated rings. The van der Waals surface area contributed by atoms with Crippen molar-refractivity contribution in [2.45, 2.75) is 51.6 Å². The van der Waals surface area contributed by atoms with Crippen molar-refractivity contribution >= 4 is 11.8 Å². The van der Waals surface area contributed by atoms with Crippen molar-refractivity contribution in [3.8, 4) is 5.69 Å². The van der Waals surface area contributed by atoms with Gasteiger partial charge in [0, 0.05) is 30.7 Å². The molecular formula is C26H35N7O. The molecule has 0 unspecified atom stereocenters. The van der Waals surface area contributed by atoms with Crippen LogP contribution in [0.25, 0.3) is 5.69 Å². The van der Waals surface area contributed by atoms with Crippen LogP contribution in [0.5, 0.6) is 0 Å². The van der Waals surface area contributed by atoms with E-state index >= 15 is 0 Å². The second kappa shape index (κ2) is 9.72. The minimum Gasteiger partial charge on any atom is -0.346 e. The standard InChI is InChI=1S/C26H35N7O/c1-18(2)24-14-31(4)16-34-17-33(24)25-11-12-27-26(30-25)29-19(3)23-13-32(15-28-23)22-9-7-21(8-10-22)20-5-6-20/h7-13,15,18-20,24H,5-6,14,16-17H2,1-4H3,(H,27,29,30)/t19-,24+/m0/s1. The van der Waals surface area contributed by atoms with Crippen molar-refractivity contribution in [1.29, 1.82) is 0 Å². The van der Waals surface area contributed by atoms with E-state index in [1.54, 1.807) is 0 Å². The van der Waals surface area contributed by atoms with Gasteiger partial charge in [-0.3, -0.25) is 4.90 Å². The zero-order valence-corrected chi connectivity index (χ0v) is 20.6. The first-order chi connectivity index (χ1) is 16.5. The minimum absolute atomic E-state index is 0.0327. The maximum atomic E-state index is 5.87. The van der Waals surface area contributed by atoms with Gasteiger partial charge in [0.05, 0.1) is 18.1 Å². The monoisotopic (exact) mass is 461 g/mol. The smallest absolute Gasteiger partial charge is 0.225 e. The molecule has 1 saturated heterocycles. The van der Waals surface area contributed by atoms with E-state index in [0.29, 0.717) is 31.4 Å². The summed E-state index contributed by atoms with van der Waals surface area (Å²) in [5.41, 5.74) is 3.51. The Kier molecular flexibility index (Phi) is 6.52. The summed E-state index contributed by atoms with van der Waals surface area (Å²) in [4.78, 5) is 18.4. The van der Waals surface area contributed by atoms with Crippen LogP contribution in [0.3, 0.4) is 0 Å². The fourth-order valence-electron chi connectivity index (χ4n) is 4.55. The van der Waals surface area contributed by atoms with Crippen molar-refractivity contribution in [3.05, 3.63) is 60.3 Å². The van der Waals surface area contributed by atoms with Crippen molar-refractivity contribution < 1.29 is 4.74 Å². The lowest BCUT2D eigenvalue weighted by molar-refractivity contribution is 0.0649. The van der Waals surface area contributed by atoms with Gasteiger partial charge in [0.15, 0.2) is 0 Å². The Morgan fingerprint density at radius 1 is 1.03 bits per heavy atom. The first kappa shape index (κ1) is 22.8. The van der Waals surface area contributed by atoms with Gasteiger partial charge < -0.3 is 19.5 Å². The van der Waals surface area contributed by atoms with E-state index in [-0.39, 0.29) is 6.04 Å². The first-order valence-electron chi connectivity index (χ1n) is 12.2. The fourth-order valence-corrected chi connectivity index (χ4v) is 4.55. The molecule has 180 valence electrons. The number of hydrogen-bond donors (Lipinski definition) is 1. The largest absolute Gasteiger partial charge is 0.346 e. The van der Waals surface area contributed by atoms with E-state index in [4.69, 9.17) is 9.72 Å². The first-order valence-corrected chi connectivity index (χ1v) is 12.2. The summed E-state index contributed by atoms with van der Waals surface area (Å²) in [6, 6.07) is 11.1. The zero-order valence-electron chi connectivity index (χ0n) is 20.6. The Labute approximate surface area is 202 Å². The molecule has 0 spiro atoms. The second-order valence-corrected chi connectivity index (χ2v) is 9.96. The highest BCUT2D eigenvalue weighted by atomic mass is 16.5. The van der Waals surface area contributed by atoms with Crippen molar-refractivity contribution in [2.75, 3.05) is 37.3 Å². The predicted octanol–water partition coefficient (Wildman–Crippen LogP) is 4.42. The number of ether oxygens (including phenoxy) is 1. The molecule has 3 heterocycles. The van der Waals surface area contributed by atoms with E-state index in [1.165, 1.54) is 18.4 Å². The van der Waals surface area contributed by atoms with Gasteiger partial charge in [0.2, 0.25) is 5.95 Å². The van der Waals surface area contributed by atoms with Gasteiger partial charge in [-0.05, 0) is 62.4 Å². The molecular weight excluding hydrogens is 426 g/mol. The Balaban J connectivity index is 1.29. The fraction of sp³-hybridized carbons (Fsp3) is 0.500. The molecule has 2 atom stereocenters. The number of benzene rings is 1. The third-order valence-corrected chi connectivity index (χ3v) is 6.78. The van der Waals surface area contributed by atoms with Gasteiger partial charge >= 0.3 is 0 Å². The Hall–Kier alpha value is -2.97. The number of nitrogens with one attached hydrogen (secondary N) is 1. The van der Waals surface area contributed by atoms with Gasteiger partial charge in [0.1, 0.15) is 19.3 Å². The zero-order chi connectivity index (χ0) is 23.7. The maximum absolute atomic E-state index is 5.87. The van der Waals surface area contributed by atoms with E-state index < -0.39 is 0 Å². The number of anilines is 2. The molecule has 0 bridgehead atoms. The molecule has 1 N–H and O–H groups in total. The maximum Gasteiger partial charge on any atom is 0.225 e. The molecule has 3 aromatic rings. The molecule has 1 aromatic carbocycles. The van der Waals surface area contributed by atoms with Crippen molar-refractivity contribution in [1.82, 2.24) is 24.4 Å². The van der Waals surface area contributed by atoms with Crippen LogP contribution in [0.15, 0.2) is 49.1 Å². The van der Waals surface area contributed by atoms with Gasteiger partial charge in [0.25, 0.3) is 0 Å². The molecule has 1 saturated carbocycles. The Bertz CT molecular complexity index is 1090. The van der Waals surface area contributed by atoms with Crippen LogP contribution in [0.4, 0.5) is 11.8 Å². The summed E-state index contributed by atoms with van der Waals surface area (Å²) < 4.78 is 7.94. The Morgan fingerprint density at radius 3 is 2.56 bits per heavy atom. The predicted molar refractivity (Wildman–Crippen MR) is 134 cm³/mol. The minimum atomic E-state index is -0.0327. The lowest BCUT2D eigenvalue weighted by atomic mass is 10.0. The topological polar surface area (TPSA) is 71.3 Å². The summed E-state index contributed by atoms with van der Waals surface area (Å²) >= 11 is 0. The number of imidazole rings is 1. The van der Waals surface area contributed by atoms with Crippen LogP contribution in [0.1, 0.15) is 56.8 Å². The average Bonchev–Trinajstić information content (AvgIpc) is 3.60. The summed E-state index contributed by atoms with van der Waals surface area (Å²) in [5.74, 6) is 2.70. The number of nitrogens with zero attached hydrogens (tertiary/aromatic N) is 6. The molecule has 8 nitrogen and oxygen atoms in total.